The maximum Gasteiger partial charge on any atom is 0.341 e. The van der Waals surface area contributed by atoms with E-state index in [1.807, 2.05) is 20.8 Å². The van der Waals surface area contributed by atoms with Crippen molar-refractivity contribution in [3.63, 3.8) is 0 Å². The first-order valence-corrected chi connectivity index (χ1v) is 5.32. The molecule has 1 amide bonds. The monoisotopic (exact) mass is 225 g/mol. The number of nitrogens with zero attached hydrogens (tertiary/aromatic N) is 1. The molecule has 2 heterocycles. The predicted molar refractivity (Wildman–Crippen MR) is 54.2 cm³/mol. The molecular formula is C11H15NO4. The summed E-state index contributed by atoms with van der Waals surface area (Å²) in [6, 6.07) is 0. The lowest BCUT2D eigenvalue weighted by atomic mass is 9.92. The van der Waals surface area contributed by atoms with Crippen LogP contribution in [0.5, 0.6) is 0 Å². The third-order valence-electron chi connectivity index (χ3n) is 3.16. The maximum absolute atomic E-state index is 11.8. The molecule has 2 saturated heterocycles. The van der Waals surface area contributed by atoms with E-state index >= 15 is 0 Å². The molecule has 0 aromatic heterocycles. The summed E-state index contributed by atoms with van der Waals surface area (Å²) in [5.74, 6) is -0.772. The molecule has 0 saturated carbocycles. The van der Waals surface area contributed by atoms with Gasteiger partial charge in [0.05, 0.1) is 0 Å². The first-order chi connectivity index (χ1) is 7.33. The number of rotatable bonds is 1. The van der Waals surface area contributed by atoms with Gasteiger partial charge in [-0.05, 0) is 6.42 Å². The molecule has 0 aliphatic carbocycles. The van der Waals surface area contributed by atoms with Crippen LogP contribution in [0.3, 0.4) is 0 Å². The van der Waals surface area contributed by atoms with Crippen molar-refractivity contribution in [2.24, 2.45) is 5.41 Å². The van der Waals surface area contributed by atoms with Crippen LogP contribution in [0.2, 0.25) is 0 Å². The van der Waals surface area contributed by atoms with Crippen LogP contribution in [-0.2, 0) is 19.1 Å². The van der Waals surface area contributed by atoms with Crippen LogP contribution >= 0.6 is 0 Å². The molecule has 0 unspecified atom stereocenters. The lowest BCUT2D eigenvalue weighted by Gasteiger charge is -2.33. The molecule has 16 heavy (non-hydrogen) atoms. The molecule has 5 heteroatoms. The van der Waals surface area contributed by atoms with Gasteiger partial charge in [-0.2, -0.15) is 0 Å². The second-order valence-corrected chi connectivity index (χ2v) is 5.43. The highest BCUT2D eigenvalue weighted by molar-refractivity contribution is 6.06. The van der Waals surface area contributed by atoms with Gasteiger partial charge in [-0.1, -0.05) is 20.8 Å². The van der Waals surface area contributed by atoms with Crippen molar-refractivity contribution < 1.29 is 19.1 Å². The lowest BCUT2D eigenvalue weighted by Crippen LogP contribution is -2.51. The SMILES string of the molecule is CC(C)(C)[C@@H]1OC(=O)[C@@]2(C=O)CCC(=O)N12. The largest absolute Gasteiger partial charge is 0.439 e. The van der Waals surface area contributed by atoms with Gasteiger partial charge in [0.25, 0.3) is 0 Å². The second-order valence-electron chi connectivity index (χ2n) is 5.43. The number of ether oxygens (including phenoxy) is 1. The van der Waals surface area contributed by atoms with E-state index in [0.29, 0.717) is 6.29 Å². The van der Waals surface area contributed by atoms with Crippen molar-refractivity contribution in [1.29, 1.82) is 0 Å². The summed E-state index contributed by atoms with van der Waals surface area (Å²) in [5.41, 5.74) is -1.74. The van der Waals surface area contributed by atoms with Crippen molar-refractivity contribution in [2.75, 3.05) is 0 Å². The molecule has 2 aliphatic rings. The Kier molecular flexibility index (Phi) is 2.12. The summed E-state index contributed by atoms with van der Waals surface area (Å²) in [7, 11) is 0. The van der Waals surface area contributed by atoms with Gasteiger partial charge in [-0.15, -0.1) is 0 Å². The van der Waals surface area contributed by atoms with Crippen molar-refractivity contribution >= 4 is 18.2 Å². The van der Waals surface area contributed by atoms with Crippen LogP contribution < -0.4 is 0 Å². The normalized spacial score (nSPS) is 33.9. The van der Waals surface area contributed by atoms with E-state index in [0.717, 1.165) is 0 Å². The van der Waals surface area contributed by atoms with Gasteiger partial charge in [-0.25, -0.2) is 4.79 Å². The Balaban J connectivity index is 2.46. The molecule has 0 aromatic carbocycles. The molecule has 2 fully saturated rings. The molecule has 2 atom stereocenters. The van der Waals surface area contributed by atoms with E-state index in [1.165, 1.54) is 4.90 Å². The molecule has 0 N–H and O–H groups in total. The Morgan fingerprint density at radius 2 is 2.06 bits per heavy atom. The Morgan fingerprint density at radius 3 is 2.56 bits per heavy atom. The first-order valence-electron chi connectivity index (χ1n) is 5.32. The number of esters is 1. The molecule has 2 aliphatic heterocycles. The molecule has 0 bridgehead atoms. The highest BCUT2D eigenvalue weighted by Gasteiger charge is 2.63. The van der Waals surface area contributed by atoms with Crippen LogP contribution in [0, 0.1) is 5.41 Å². The first kappa shape index (κ1) is 11.1. The fourth-order valence-electron chi connectivity index (χ4n) is 2.29. The zero-order valence-electron chi connectivity index (χ0n) is 9.65. The molecule has 88 valence electrons. The molecule has 0 radical (unpaired) electrons. The van der Waals surface area contributed by atoms with Crippen LogP contribution in [0.25, 0.3) is 0 Å². The minimum atomic E-state index is -1.35. The predicted octanol–water partition coefficient (Wildman–Crippen LogP) is 0.475. The fourth-order valence-corrected chi connectivity index (χ4v) is 2.29. The number of fused-ring (bicyclic) bond motifs is 1. The molecule has 2 rings (SSSR count). The summed E-state index contributed by atoms with van der Waals surface area (Å²) in [5, 5.41) is 0. The molecule has 0 aromatic rings. The van der Waals surface area contributed by atoms with Gasteiger partial charge in [0, 0.05) is 11.8 Å². The summed E-state index contributed by atoms with van der Waals surface area (Å²) in [6.45, 7) is 5.62. The summed E-state index contributed by atoms with van der Waals surface area (Å²) < 4.78 is 5.19. The van der Waals surface area contributed by atoms with Crippen molar-refractivity contribution in [3.05, 3.63) is 0 Å². The standard InChI is InChI=1S/C11H15NO4/c1-10(2,3)8-12-7(14)4-5-11(12,6-13)9(15)16-8/h6,8H,4-5H2,1-3H3/t8-,11-/m0/s1. The van der Waals surface area contributed by atoms with Crippen LogP contribution in [0.1, 0.15) is 33.6 Å². The maximum atomic E-state index is 11.8. The summed E-state index contributed by atoms with van der Waals surface area (Å²) in [6.07, 6.45) is 0.382. The average molecular weight is 225 g/mol. The van der Waals surface area contributed by atoms with E-state index in [9.17, 15) is 14.4 Å². The molecular weight excluding hydrogens is 210 g/mol. The number of hydrogen-bond acceptors (Lipinski definition) is 4. The number of amides is 1. The minimum Gasteiger partial charge on any atom is -0.439 e. The smallest absolute Gasteiger partial charge is 0.341 e. The van der Waals surface area contributed by atoms with Gasteiger partial charge < -0.3 is 9.53 Å². The number of hydrogen-bond donors (Lipinski definition) is 0. The number of aldehydes is 1. The number of carbonyl (C=O) groups excluding carboxylic acids is 3. The van der Waals surface area contributed by atoms with Crippen molar-refractivity contribution in [3.8, 4) is 0 Å². The minimum absolute atomic E-state index is 0.183. The van der Waals surface area contributed by atoms with Crippen LogP contribution in [0.15, 0.2) is 0 Å². The fraction of sp³-hybridized carbons (Fsp3) is 0.727. The Hall–Kier alpha value is -1.39. The summed E-state index contributed by atoms with van der Waals surface area (Å²) in [4.78, 5) is 36.0. The summed E-state index contributed by atoms with van der Waals surface area (Å²) >= 11 is 0. The molecule has 0 spiro atoms. The van der Waals surface area contributed by atoms with E-state index < -0.39 is 17.7 Å². The average Bonchev–Trinajstić information content (AvgIpc) is 2.65. The van der Waals surface area contributed by atoms with Gasteiger partial charge >= 0.3 is 5.97 Å². The Labute approximate surface area is 93.7 Å². The van der Waals surface area contributed by atoms with Crippen molar-refractivity contribution in [2.45, 2.75) is 45.4 Å². The number of cyclic esters (lactones) is 1. The lowest BCUT2D eigenvalue weighted by molar-refractivity contribution is -0.151. The van der Waals surface area contributed by atoms with Gasteiger partial charge in [0.1, 0.15) is 0 Å². The second kappa shape index (κ2) is 3.06. The van der Waals surface area contributed by atoms with E-state index in [-0.39, 0.29) is 24.2 Å². The van der Waals surface area contributed by atoms with Gasteiger partial charge in [0.2, 0.25) is 5.91 Å². The quantitative estimate of drug-likeness (QED) is 0.370. The zero-order valence-corrected chi connectivity index (χ0v) is 9.65. The van der Waals surface area contributed by atoms with Crippen LogP contribution in [-0.4, -0.2) is 34.8 Å². The van der Waals surface area contributed by atoms with E-state index in [1.54, 1.807) is 0 Å². The highest BCUT2D eigenvalue weighted by Crippen LogP contribution is 2.43. The number of carbonyl (C=O) groups is 3. The third kappa shape index (κ3) is 1.20. The van der Waals surface area contributed by atoms with Gasteiger partial charge in [0.15, 0.2) is 18.1 Å². The third-order valence-corrected chi connectivity index (χ3v) is 3.16. The van der Waals surface area contributed by atoms with Crippen LogP contribution in [0.4, 0.5) is 0 Å². The van der Waals surface area contributed by atoms with E-state index in [4.69, 9.17) is 4.74 Å². The van der Waals surface area contributed by atoms with E-state index in [2.05, 4.69) is 0 Å². The zero-order chi connectivity index (χ0) is 12.1. The molecule has 5 nitrogen and oxygen atoms in total. The topological polar surface area (TPSA) is 63.7 Å². The Morgan fingerprint density at radius 1 is 1.44 bits per heavy atom. The van der Waals surface area contributed by atoms with Crippen molar-refractivity contribution in [1.82, 2.24) is 4.90 Å². The van der Waals surface area contributed by atoms with Gasteiger partial charge in [-0.3, -0.25) is 9.69 Å². The highest BCUT2D eigenvalue weighted by atomic mass is 16.6. The Bertz CT molecular complexity index is 371.